The van der Waals surface area contributed by atoms with E-state index in [-0.39, 0.29) is 17.7 Å². The average molecular weight is 435 g/mol. The highest BCUT2D eigenvalue weighted by molar-refractivity contribution is 7.80. The molecule has 30 heavy (non-hydrogen) atoms. The van der Waals surface area contributed by atoms with Crippen molar-refractivity contribution in [2.75, 3.05) is 39.8 Å². The van der Waals surface area contributed by atoms with Crippen LogP contribution >= 0.6 is 12.2 Å². The molecule has 0 spiro atoms. The first-order valence-electron chi connectivity index (χ1n) is 10.7. The number of piperidine rings is 1. The Morgan fingerprint density at radius 3 is 2.47 bits per heavy atom. The number of nitrogens with zero attached hydrogens (tertiary/aromatic N) is 2. The van der Waals surface area contributed by atoms with E-state index in [2.05, 4.69) is 15.5 Å². The summed E-state index contributed by atoms with van der Waals surface area (Å²) in [4.78, 5) is 30.1. The summed E-state index contributed by atoms with van der Waals surface area (Å²) >= 11 is 5.42. The summed E-state index contributed by atoms with van der Waals surface area (Å²) in [7, 11) is 1.56. The zero-order valence-electron chi connectivity index (χ0n) is 18.4. The van der Waals surface area contributed by atoms with Crippen molar-refractivity contribution in [3.8, 4) is 5.75 Å². The molecule has 8 heteroatoms. The van der Waals surface area contributed by atoms with Crippen molar-refractivity contribution in [3.63, 3.8) is 0 Å². The van der Waals surface area contributed by atoms with Gasteiger partial charge in [0.2, 0.25) is 5.91 Å². The standard InChI is InChI=1S/C22H34N4O3S/c1-5-23-22(30)26-13-11-16(12-14-26)19(21(28)25(6-2)7-3)24-20(27)17-9-8-10-18(15-17)29-4/h8-10,15-16,19H,5-7,11-14H2,1-4H3,(H,23,30)(H,24,27)/t19-/m0/s1. The minimum atomic E-state index is -0.557. The second kappa shape index (κ2) is 11.7. The number of likely N-dealkylation sites (tertiary alicyclic amines) is 1. The molecule has 0 radical (unpaired) electrons. The van der Waals surface area contributed by atoms with Gasteiger partial charge in [0.25, 0.3) is 5.91 Å². The minimum absolute atomic E-state index is 0.0241. The van der Waals surface area contributed by atoms with E-state index in [9.17, 15) is 9.59 Å². The Morgan fingerprint density at radius 2 is 1.90 bits per heavy atom. The van der Waals surface area contributed by atoms with Crippen LogP contribution in [0.4, 0.5) is 0 Å². The molecule has 166 valence electrons. The zero-order valence-corrected chi connectivity index (χ0v) is 19.3. The van der Waals surface area contributed by atoms with Gasteiger partial charge in [-0.05, 0) is 69.9 Å². The lowest BCUT2D eigenvalue weighted by molar-refractivity contribution is -0.134. The highest BCUT2D eigenvalue weighted by Crippen LogP contribution is 2.23. The van der Waals surface area contributed by atoms with Crippen LogP contribution in [0.2, 0.25) is 0 Å². The molecule has 1 saturated heterocycles. The fraction of sp³-hybridized carbons (Fsp3) is 0.591. The van der Waals surface area contributed by atoms with Crippen molar-refractivity contribution in [1.82, 2.24) is 20.4 Å². The Kier molecular flexibility index (Phi) is 9.36. The van der Waals surface area contributed by atoms with Crippen molar-refractivity contribution in [3.05, 3.63) is 29.8 Å². The summed E-state index contributed by atoms with van der Waals surface area (Å²) in [6.07, 6.45) is 1.59. The fourth-order valence-electron chi connectivity index (χ4n) is 3.80. The molecule has 2 rings (SSSR count). The van der Waals surface area contributed by atoms with E-state index >= 15 is 0 Å². The molecular weight excluding hydrogens is 400 g/mol. The summed E-state index contributed by atoms with van der Waals surface area (Å²) < 4.78 is 5.22. The highest BCUT2D eigenvalue weighted by Gasteiger charge is 2.35. The lowest BCUT2D eigenvalue weighted by Gasteiger charge is -2.38. The number of thiocarbonyl (C=S) groups is 1. The molecule has 0 unspecified atom stereocenters. The van der Waals surface area contributed by atoms with E-state index < -0.39 is 6.04 Å². The van der Waals surface area contributed by atoms with E-state index in [0.717, 1.165) is 37.6 Å². The van der Waals surface area contributed by atoms with E-state index in [1.807, 2.05) is 20.8 Å². The molecular formula is C22H34N4O3S. The van der Waals surface area contributed by atoms with Crippen LogP contribution in [-0.4, -0.2) is 72.6 Å². The Bertz CT molecular complexity index is 731. The van der Waals surface area contributed by atoms with E-state index in [4.69, 9.17) is 17.0 Å². The molecule has 1 aliphatic rings. The van der Waals surface area contributed by atoms with Gasteiger partial charge in [0.1, 0.15) is 11.8 Å². The molecule has 0 saturated carbocycles. The number of methoxy groups -OCH3 is 1. The van der Waals surface area contributed by atoms with Gasteiger partial charge in [-0.2, -0.15) is 0 Å². The van der Waals surface area contributed by atoms with Crippen LogP contribution < -0.4 is 15.4 Å². The number of likely N-dealkylation sites (N-methyl/N-ethyl adjacent to an activating group) is 1. The van der Waals surface area contributed by atoms with Crippen LogP contribution in [0.25, 0.3) is 0 Å². The molecule has 0 bridgehead atoms. The Balaban J connectivity index is 2.16. The number of nitrogens with one attached hydrogen (secondary N) is 2. The van der Waals surface area contributed by atoms with Crippen LogP contribution in [0.1, 0.15) is 44.0 Å². The molecule has 1 fully saturated rings. The normalized spacial score (nSPS) is 15.3. The second-order valence-corrected chi connectivity index (χ2v) is 7.74. The maximum absolute atomic E-state index is 13.2. The number of benzene rings is 1. The number of carbonyl (C=O) groups is 2. The lowest BCUT2D eigenvalue weighted by atomic mass is 9.88. The second-order valence-electron chi connectivity index (χ2n) is 7.35. The average Bonchev–Trinajstić information content (AvgIpc) is 2.78. The fourth-order valence-corrected chi connectivity index (χ4v) is 4.13. The molecule has 1 aromatic rings. The Morgan fingerprint density at radius 1 is 1.23 bits per heavy atom. The zero-order chi connectivity index (χ0) is 22.1. The molecule has 0 aliphatic carbocycles. The van der Waals surface area contributed by atoms with E-state index in [1.54, 1.807) is 36.3 Å². The lowest BCUT2D eigenvalue weighted by Crippen LogP contribution is -2.55. The maximum Gasteiger partial charge on any atom is 0.252 e. The van der Waals surface area contributed by atoms with Crippen molar-refractivity contribution in [1.29, 1.82) is 0 Å². The minimum Gasteiger partial charge on any atom is -0.497 e. The third-order valence-electron chi connectivity index (χ3n) is 5.59. The van der Waals surface area contributed by atoms with Gasteiger partial charge in [-0.1, -0.05) is 6.07 Å². The first kappa shape index (κ1) is 23.9. The molecule has 1 atom stereocenters. The van der Waals surface area contributed by atoms with Gasteiger partial charge in [-0.15, -0.1) is 0 Å². The number of hydrogen-bond donors (Lipinski definition) is 2. The molecule has 1 aromatic carbocycles. The number of carbonyl (C=O) groups excluding carboxylic acids is 2. The molecule has 2 amide bonds. The van der Waals surface area contributed by atoms with Crippen LogP contribution in [0, 0.1) is 5.92 Å². The first-order chi connectivity index (χ1) is 14.4. The van der Waals surface area contributed by atoms with E-state index in [1.165, 1.54) is 0 Å². The summed E-state index contributed by atoms with van der Waals surface area (Å²) in [5.74, 6) is 0.391. The summed E-state index contributed by atoms with van der Waals surface area (Å²) in [5, 5.41) is 6.96. The SMILES string of the molecule is CCNC(=S)N1CCC([C@H](NC(=O)c2cccc(OC)c2)C(=O)N(CC)CC)CC1. The third-order valence-corrected chi connectivity index (χ3v) is 5.99. The smallest absolute Gasteiger partial charge is 0.252 e. The monoisotopic (exact) mass is 434 g/mol. The highest BCUT2D eigenvalue weighted by atomic mass is 32.1. The van der Waals surface area contributed by atoms with Gasteiger partial charge in [-0.25, -0.2) is 0 Å². The van der Waals surface area contributed by atoms with Crippen molar-refractivity contribution in [2.45, 2.75) is 39.7 Å². The molecule has 2 N–H and O–H groups in total. The summed E-state index contributed by atoms with van der Waals surface area (Å²) in [6.45, 7) is 9.50. The summed E-state index contributed by atoms with van der Waals surface area (Å²) in [5.41, 5.74) is 0.484. The maximum atomic E-state index is 13.2. The quantitative estimate of drug-likeness (QED) is 0.612. The largest absolute Gasteiger partial charge is 0.497 e. The van der Waals surface area contributed by atoms with Crippen LogP contribution in [0.5, 0.6) is 5.75 Å². The van der Waals surface area contributed by atoms with Crippen LogP contribution in [-0.2, 0) is 4.79 Å². The molecule has 1 heterocycles. The Labute approximate surface area is 185 Å². The number of ether oxygens (including phenoxy) is 1. The van der Waals surface area contributed by atoms with Gasteiger partial charge in [0, 0.05) is 38.3 Å². The first-order valence-corrected chi connectivity index (χ1v) is 11.1. The summed E-state index contributed by atoms with van der Waals surface area (Å²) in [6, 6.07) is 6.42. The third kappa shape index (κ3) is 6.08. The molecule has 0 aromatic heterocycles. The van der Waals surface area contributed by atoms with Gasteiger partial charge in [0.15, 0.2) is 5.11 Å². The molecule has 1 aliphatic heterocycles. The van der Waals surface area contributed by atoms with Gasteiger partial charge >= 0.3 is 0 Å². The number of amides is 2. The van der Waals surface area contributed by atoms with Crippen molar-refractivity contribution in [2.24, 2.45) is 5.92 Å². The number of hydrogen-bond acceptors (Lipinski definition) is 4. The Hall–Kier alpha value is -2.35. The predicted molar refractivity (Wildman–Crippen MR) is 123 cm³/mol. The predicted octanol–water partition coefficient (Wildman–Crippen LogP) is 2.27. The van der Waals surface area contributed by atoms with Gasteiger partial charge in [-0.3, -0.25) is 9.59 Å². The van der Waals surface area contributed by atoms with Crippen molar-refractivity contribution >= 4 is 29.1 Å². The number of rotatable bonds is 8. The van der Waals surface area contributed by atoms with Crippen LogP contribution in [0.15, 0.2) is 24.3 Å². The van der Waals surface area contributed by atoms with Gasteiger partial charge < -0.3 is 25.2 Å². The molecule has 7 nitrogen and oxygen atoms in total. The van der Waals surface area contributed by atoms with Gasteiger partial charge in [0.05, 0.1) is 7.11 Å². The van der Waals surface area contributed by atoms with Crippen molar-refractivity contribution < 1.29 is 14.3 Å². The topological polar surface area (TPSA) is 73.9 Å². The van der Waals surface area contributed by atoms with Crippen LogP contribution in [0.3, 0.4) is 0 Å². The van der Waals surface area contributed by atoms with E-state index in [0.29, 0.717) is 24.4 Å².